The molecule has 32 heavy (non-hydrogen) atoms. The number of rotatable bonds is 10. The normalized spacial score (nSPS) is 10.8. The third-order valence-corrected chi connectivity index (χ3v) is 5.63. The topological polar surface area (TPSA) is 54.9 Å². The van der Waals surface area contributed by atoms with Crippen molar-refractivity contribution in [2.45, 2.75) is 20.3 Å². The van der Waals surface area contributed by atoms with Gasteiger partial charge in [-0.05, 0) is 77.3 Å². The van der Waals surface area contributed by atoms with Gasteiger partial charge < -0.3 is 14.4 Å². The number of fused-ring (bicyclic) bond motifs is 1. The molecular formula is C23H29ClFN3O3S. The van der Waals surface area contributed by atoms with Crippen LogP contribution in [0.1, 0.15) is 30.6 Å². The van der Waals surface area contributed by atoms with Crippen molar-refractivity contribution in [2.24, 2.45) is 0 Å². The number of hydrogen-bond acceptors (Lipinski definition) is 6. The van der Waals surface area contributed by atoms with Crippen molar-refractivity contribution in [2.75, 3.05) is 45.3 Å². The van der Waals surface area contributed by atoms with Crippen molar-refractivity contribution in [3.8, 4) is 11.5 Å². The van der Waals surface area contributed by atoms with Crippen LogP contribution in [0.4, 0.5) is 9.52 Å². The zero-order valence-corrected chi connectivity index (χ0v) is 20.4. The van der Waals surface area contributed by atoms with Gasteiger partial charge in [-0.2, -0.15) is 0 Å². The van der Waals surface area contributed by atoms with Gasteiger partial charge in [0, 0.05) is 12.1 Å². The molecule has 1 amide bonds. The van der Waals surface area contributed by atoms with E-state index >= 15 is 0 Å². The molecule has 0 unspecified atom stereocenters. The first-order chi connectivity index (χ1) is 14.9. The van der Waals surface area contributed by atoms with E-state index < -0.39 is 0 Å². The molecule has 0 aliphatic rings. The van der Waals surface area contributed by atoms with Gasteiger partial charge in [-0.1, -0.05) is 11.3 Å². The SMILES string of the molecule is CCOc1ccc(C(=O)N(CCCN(C)C)c2nc3ccc(F)cc3s2)cc1OCC.Cl. The van der Waals surface area contributed by atoms with Gasteiger partial charge in [0.2, 0.25) is 0 Å². The number of nitrogens with zero attached hydrogens (tertiary/aromatic N) is 3. The van der Waals surface area contributed by atoms with E-state index in [1.54, 1.807) is 29.2 Å². The quantitative estimate of drug-likeness (QED) is 0.395. The number of carbonyl (C=O) groups is 1. The zero-order valence-electron chi connectivity index (χ0n) is 18.8. The van der Waals surface area contributed by atoms with Crippen molar-refractivity contribution >= 4 is 45.0 Å². The molecule has 3 aromatic rings. The molecule has 0 fully saturated rings. The average molecular weight is 482 g/mol. The van der Waals surface area contributed by atoms with Crippen LogP contribution in [0, 0.1) is 5.82 Å². The molecule has 1 heterocycles. The van der Waals surface area contributed by atoms with Gasteiger partial charge in [-0.15, -0.1) is 12.4 Å². The minimum atomic E-state index is -0.318. The Kier molecular flexibility index (Phi) is 9.68. The van der Waals surface area contributed by atoms with Crippen molar-refractivity contribution in [1.29, 1.82) is 0 Å². The van der Waals surface area contributed by atoms with E-state index in [1.807, 2.05) is 27.9 Å². The Bertz CT molecular complexity index is 1040. The van der Waals surface area contributed by atoms with Crippen LogP contribution in [-0.4, -0.2) is 56.2 Å². The summed E-state index contributed by atoms with van der Waals surface area (Å²) in [4.78, 5) is 21.8. The monoisotopic (exact) mass is 481 g/mol. The number of halogens is 2. The second-order valence-electron chi connectivity index (χ2n) is 7.25. The highest BCUT2D eigenvalue weighted by atomic mass is 35.5. The summed E-state index contributed by atoms with van der Waals surface area (Å²) < 4.78 is 25.7. The molecule has 174 valence electrons. The fraction of sp³-hybridized carbons (Fsp3) is 0.391. The zero-order chi connectivity index (χ0) is 22.4. The maximum Gasteiger partial charge on any atom is 0.260 e. The second-order valence-corrected chi connectivity index (χ2v) is 8.26. The molecule has 0 aliphatic carbocycles. The van der Waals surface area contributed by atoms with Crippen LogP contribution in [0.25, 0.3) is 10.2 Å². The highest BCUT2D eigenvalue weighted by Gasteiger charge is 2.23. The Balaban J connectivity index is 0.00000363. The van der Waals surface area contributed by atoms with Crippen molar-refractivity contribution in [3.05, 3.63) is 47.8 Å². The first-order valence-corrected chi connectivity index (χ1v) is 11.2. The molecule has 9 heteroatoms. The number of amides is 1. The number of anilines is 1. The van der Waals surface area contributed by atoms with Crippen LogP contribution in [0.5, 0.6) is 11.5 Å². The predicted molar refractivity (Wildman–Crippen MR) is 130 cm³/mol. The molecule has 3 rings (SSSR count). The lowest BCUT2D eigenvalue weighted by Gasteiger charge is -2.21. The van der Waals surface area contributed by atoms with Crippen molar-refractivity contribution in [1.82, 2.24) is 9.88 Å². The lowest BCUT2D eigenvalue weighted by atomic mass is 10.1. The standard InChI is InChI=1S/C23H28FN3O3S.ClH/c1-5-29-19-11-8-16(14-20(19)30-6-2)22(28)27(13-7-12-26(3)4)23-25-18-10-9-17(24)15-21(18)31-23;/h8-11,14-15H,5-7,12-13H2,1-4H3;1H. The summed E-state index contributed by atoms with van der Waals surface area (Å²) in [6.07, 6.45) is 0.776. The van der Waals surface area contributed by atoms with Gasteiger partial charge in [0.05, 0.1) is 23.4 Å². The van der Waals surface area contributed by atoms with Gasteiger partial charge in [-0.25, -0.2) is 9.37 Å². The van der Waals surface area contributed by atoms with E-state index in [9.17, 15) is 9.18 Å². The van der Waals surface area contributed by atoms with Crippen LogP contribution in [0.15, 0.2) is 36.4 Å². The Morgan fingerprint density at radius 2 is 1.75 bits per heavy atom. The molecule has 6 nitrogen and oxygen atoms in total. The Labute approximate surface area is 198 Å². The number of carbonyl (C=O) groups excluding carboxylic acids is 1. The smallest absolute Gasteiger partial charge is 0.260 e. The fourth-order valence-electron chi connectivity index (χ4n) is 3.17. The summed E-state index contributed by atoms with van der Waals surface area (Å²) in [6, 6.07) is 9.67. The van der Waals surface area contributed by atoms with Gasteiger partial charge in [-0.3, -0.25) is 9.69 Å². The van der Waals surface area contributed by atoms with Crippen LogP contribution in [0.3, 0.4) is 0 Å². The van der Waals surface area contributed by atoms with E-state index in [2.05, 4.69) is 9.88 Å². The third kappa shape index (κ3) is 6.31. The number of aromatic nitrogens is 1. The Hall–Kier alpha value is -2.42. The lowest BCUT2D eigenvalue weighted by molar-refractivity contribution is 0.0985. The summed E-state index contributed by atoms with van der Waals surface area (Å²) in [6.45, 7) is 6.09. The largest absolute Gasteiger partial charge is 0.490 e. The molecule has 0 radical (unpaired) electrons. The van der Waals surface area contributed by atoms with Gasteiger partial charge in [0.1, 0.15) is 5.82 Å². The first kappa shape index (κ1) is 25.8. The predicted octanol–water partition coefficient (Wildman–Crippen LogP) is 5.25. The summed E-state index contributed by atoms with van der Waals surface area (Å²) in [5.74, 6) is 0.647. The molecule has 0 saturated carbocycles. The summed E-state index contributed by atoms with van der Waals surface area (Å²) >= 11 is 1.31. The molecule has 0 bridgehead atoms. The lowest BCUT2D eigenvalue weighted by Crippen LogP contribution is -2.33. The molecule has 0 N–H and O–H groups in total. The van der Waals surface area contributed by atoms with E-state index in [0.717, 1.165) is 13.0 Å². The van der Waals surface area contributed by atoms with Crippen LogP contribution in [-0.2, 0) is 0 Å². The number of thiazole rings is 1. The molecule has 0 aliphatic heterocycles. The summed E-state index contributed by atoms with van der Waals surface area (Å²) in [5.41, 5.74) is 1.16. The van der Waals surface area contributed by atoms with E-state index in [1.165, 1.54) is 23.5 Å². The van der Waals surface area contributed by atoms with Crippen molar-refractivity contribution < 1.29 is 18.7 Å². The maximum atomic E-state index is 13.6. The van der Waals surface area contributed by atoms with E-state index in [4.69, 9.17) is 9.47 Å². The van der Waals surface area contributed by atoms with E-state index in [-0.39, 0.29) is 24.1 Å². The number of ether oxygens (including phenoxy) is 2. The van der Waals surface area contributed by atoms with Gasteiger partial charge >= 0.3 is 0 Å². The molecular weight excluding hydrogens is 453 g/mol. The minimum Gasteiger partial charge on any atom is -0.490 e. The number of hydrogen-bond donors (Lipinski definition) is 0. The first-order valence-electron chi connectivity index (χ1n) is 10.3. The number of benzene rings is 2. The average Bonchev–Trinajstić information content (AvgIpc) is 3.15. The van der Waals surface area contributed by atoms with Crippen LogP contribution >= 0.6 is 23.7 Å². The fourth-order valence-corrected chi connectivity index (χ4v) is 4.19. The second kappa shape index (κ2) is 12.0. The molecule has 1 aromatic heterocycles. The maximum absolute atomic E-state index is 13.6. The minimum absolute atomic E-state index is 0. The Morgan fingerprint density at radius 3 is 2.44 bits per heavy atom. The third-order valence-electron chi connectivity index (χ3n) is 4.59. The summed E-state index contributed by atoms with van der Waals surface area (Å²) in [5, 5.41) is 0.552. The van der Waals surface area contributed by atoms with Gasteiger partial charge in [0.15, 0.2) is 16.6 Å². The summed E-state index contributed by atoms with van der Waals surface area (Å²) in [7, 11) is 3.99. The Morgan fingerprint density at radius 1 is 1.03 bits per heavy atom. The van der Waals surface area contributed by atoms with Gasteiger partial charge in [0.25, 0.3) is 5.91 Å². The van der Waals surface area contributed by atoms with Crippen LogP contribution < -0.4 is 14.4 Å². The molecule has 0 saturated heterocycles. The molecule has 0 atom stereocenters. The van der Waals surface area contributed by atoms with E-state index in [0.29, 0.717) is 52.2 Å². The highest BCUT2D eigenvalue weighted by molar-refractivity contribution is 7.22. The highest BCUT2D eigenvalue weighted by Crippen LogP contribution is 2.33. The molecule has 0 spiro atoms. The van der Waals surface area contributed by atoms with Crippen molar-refractivity contribution in [3.63, 3.8) is 0 Å². The molecule has 2 aromatic carbocycles. The van der Waals surface area contributed by atoms with Crippen LogP contribution in [0.2, 0.25) is 0 Å².